The predicted molar refractivity (Wildman–Crippen MR) is 88.4 cm³/mol. The van der Waals surface area contributed by atoms with E-state index in [1.54, 1.807) is 0 Å². The number of ether oxygens (including phenoxy) is 1. The van der Waals surface area contributed by atoms with Gasteiger partial charge in [-0.3, -0.25) is 0 Å². The molecular formula is C16H25BrN2O. The van der Waals surface area contributed by atoms with Crippen LogP contribution in [0.5, 0.6) is 0 Å². The highest BCUT2D eigenvalue weighted by atomic mass is 79.9. The number of rotatable bonds is 9. The average molecular weight is 341 g/mol. The molecule has 0 spiro atoms. The number of benzene rings is 1. The maximum absolute atomic E-state index is 5.50. The summed E-state index contributed by atoms with van der Waals surface area (Å²) < 4.78 is 6.63. The summed E-state index contributed by atoms with van der Waals surface area (Å²) in [7, 11) is 0. The van der Waals surface area contributed by atoms with Crippen LogP contribution in [0.1, 0.15) is 32.3 Å². The Hall–Kier alpha value is -0.580. The van der Waals surface area contributed by atoms with E-state index in [-0.39, 0.29) is 0 Å². The summed E-state index contributed by atoms with van der Waals surface area (Å²) in [5.41, 5.74) is 2.69. The van der Waals surface area contributed by atoms with E-state index in [4.69, 9.17) is 4.74 Å². The average Bonchev–Trinajstić information content (AvgIpc) is 3.27. The zero-order valence-electron chi connectivity index (χ0n) is 12.5. The Morgan fingerprint density at radius 3 is 2.80 bits per heavy atom. The third-order valence-corrected chi connectivity index (χ3v) is 4.13. The van der Waals surface area contributed by atoms with E-state index in [2.05, 4.69) is 51.3 Å². The van der Waals surface area contributed by atoms with E-state index in [9.17, 15) is 0 Å². The molecule has 0 radical (unpaired) electrons. The van der Waals surface area contributed by atoms with Crippen molar-refractivity contribution in [1.29, 1.82) is 0 Å². The van der Waals surface area contributed by atoms with Crippen molar-refractivity contribution in [2.24, 2.45) is 0 Å². The Morgan fingerprint density at radius 2 is 2.15 bits per heavy atom. The number of hydrogen-bond acceptors (Lipinski definition) is 3. The molecule has 0 heterocycles. The van der Waals surface area contributed by atoms with Gasteiger partial charge >= 0.3 is 0 Å². The van der Waals surface area contributed by atoms with Gasteiger partial charge in [0.1, 0.15) is 0 Å². The maximum atomic E-state index is 5.50. The van der Waals surface area contributed by atoms with E-state index in [0.29, 0.717) is 0 Å². The lowest BCUT2D eigenvalue weighted by atomic mass is 10.1. The van der Waals surface area contributed by atoms with Crippen LogP contribution < -0.4 is 10.2 Å². The first kappa shape index (κ1) is 15.8. The van der Waals surface area contributed by atoms with Crippen LogP contribution >= 0.6 is 15.9 Å². The third-order valence-electron chi connectivity index (χ3n) is 3.64. The summed E-state index contributed by atoms with van der Waals surface area (Å²) in [4.78, 5) is 2.39. The highest BCUT2D eigenvalue weighted by Gasteiger charge is 2.21. The standard InChI is InChI=1S/C16H25BrN2O/c1-3-19(9-10-20-4-2)16-11-14(17)6-5-13(16)12-18-15-7-8-15/h5-6,11,15,18H,3-4,7-10,12H2,1-2H3. The molecule has 1 N–H and O–H groups in total. The van der Waals surface area contributed by atoms with Crippen molar-refractivity contribution < 1.29 is 4.74 Å². The SMILES string of the molecule is CCOCCN(CC)c1cc(Br)ccc1CNC1CC1. The van der Waals surface area contributed by atoms with Crippen molar-refractivity contribution in [3.63, 3.8) is 0 Å². The topological polar surface area (TPSA) is 24.5 Å². The predicted octanol–water partition coefficient (Wildman–Crippen LogP) is 3.56. The molecule has 0 amide bonds. The zero-order chi connectivity index (χ0) is 14.4. The van der Waals surface area contributed by atoms with E-state index in [1.807, 2.05) is 6.92 Å². The molecule has 4 heteroatoms. The molecule has 0 aromatic heterocycles. The fourth-order valence-corrected chi connectivity index (χ4v) is 2.64. The van der Waals surface area contributed by atoms with Crippen molar-refractivity contribution in [1.82, 2.24) is 5.32 Å². The molecule has 0 atom stereocenters. The van der Waals surface area contributed by atoms with Gasteiger partial charge in [0.2, 0.25) is 0 Å². The minimum Gasteiger partial charge on any atom is -0.380 e. The molecule has 1 aliphatic rings. The van der Waals surface area contributed by atoms with Crippen LogP contribution in [0.3, 0.4) is 0 Å². The number of anilines is 1. The first-order chi connectivity index (χ1) is 9.74. The van der Waals surface area contributed by atoms with Gasteiger partial charge in [-0.15, -0.1) is 0 Å². The molecule has 0 unspecified atom stereocenters. The molecule has 1 aliphatic carbocycles. The number of halogens is 1. The van der Waals surface area contributed by atoms with Crippen molar-refractivity contribution in [3.05, 3.63) is 28.2 Å². The highest BCUT2D eigenvalue weighted by Crippen LogP contribution is 2.27. The van der Waals surface area contributed by atoms with Crippen molar-refractivity contribution in [3.8, 4) is 0 Å². The fourth-order valence-electron chi connectivity index (χ4n) is 2.29. The summed E-state index contributed by atoms with van der Waals surface area (Å²) in [5, 5.41) is 3.61. The van der Waals surface area contributed by atoms with E-state index in [0.717, 1.165) is 43.4 Å². The van der Waals surface area contributed by atoms with Crippen molar-refractivity contribution in [2.45, 2.75) is 39.3 Å². The van der Waals surface area contributed by atoms with Crippen LogP contribution in [-0.4, -0.2) is 32.3 Å². The minimum absolute atomic E-state index is 0.741. The molecule has 0 aliphatic heterocycles. The van der Waals surface area contributed by atoms with Crippen LogP contribution in [0, 0.1) is 0 Å². The van der Waals surface area contributed by atoms with Gasteiger partial charge in [-0.2, -0.15) is 0 Å². The largest absolute Gasteiger partial charge is 0.380 e. The van der Waals surface area contributed by atoms with Crippen LogP contribution in [0.2, 0.25) is 0 Å². The van der Waals surface area contributed by atoms with Gasteiger partial charge in [-0.1, -0.05) is 22.0 Å². The van der Waals surface area contributed by atoms with Gasteiger partial charge in [0.25, 0.3) is 0 Å². The van der Waals surface area contributed by atoms with Crippen LogP contribution in [0.25, 0.3) is 0 Å². The molecule has 1 aromatic carbocycles. The molecule has 3 nitrogen and oxygen atoms in total. The zero-order valence-corrected chi connectivity index (χ0v) is 14.1. The second kappa shape index (κ2) is 8.01. The quantitative estimate of drug-likeness (QED) is 0.695. The van der Waals surface area contributed by atoms with Crippen LogP contribution in [-0.2, 0) is 11.3 Å². The normalized spacial score (nSPS) is 14.6. The van der Waals surface area contributed by atoms with Gasteiger partial charge in [0.05, 0.1) is 6.61 Å². The summed E-state index contributed by atoms with van der Waals surface area (Å²) in [5.74, 6) is 0. The molecule has 1 saturated carbocycles. The molecule has 1 aromatic rings. The van der Waals surface area contributed by atoms with E-state index < -0.39 is 0 Å². The number of likely N-dealkylation sites (N-methyl/N-ethyl adjacent to an activating group) is 1. The lowest BCUT2D eigenvalue weighted by Gasteiger charge is -2.26. The molecule has 2 rings (SSSR count). The van der Waals surface area contributed by atoms with Crippen LogP contribution in [0.4, 0.5) is 5.69 Å². The summed E-state index contributed by atoms with van der Waals surface area (Å²) in [6.45, 7) is 8.71. The number of nitrogens with one attached hydrogen (secondary N) is 1. The first-order valence-corrected chi connectivity index (χ1v) is 8.38. The van der Waals surface area contributed by atoms with Crippen LogP contribution in [0.15, 0.2) is 22.7 Å². The molecule has 0 saturated heterocycles. The Kier molecular flexibility index (Phi) is 6.33. The second-order valence-corrected chi connectivity index (χ2v) is 6.12. The van der Waals surface area contributed by atoms with Gasteiger partial charge in [0.15, 0.2) is 0 Å². The Labute approximate surface area is 130 Å². The van der Waals surface area contributed by atoms with E-state index >= 15 is 0 Å². The summed E-state index contributed by atoms with van der Waals surface area (Å²) in [6.07, 6.45) is 2.65. The highest BCUT2D eigenvalue weighted by molar-refractivity contribution is 9.10. The smallest absolute Gasteiger partial charge is 0.0641 e. The lowest BCUT2D eigenvalue weighted by Crippen LogP contribution is -2.29. The van der Waals surface area contributed by atoms with Crippen molar-refractivity contribution in [2.75, 3.05) is 31.2 Å². The lowest BCUT2D eigenvalue weighted by molar-refractivity contribution is 0.154. The van der Waals surface area contributed by atoms with Gasteiger partial charge < -0.3 is 15.0 Å². The molecule has 0 bridgehead atoms. The minimum atomic E-state index is 0.741. The third kappa shape index (κ3) is 4.76. The fraction of sp³-hybridized carbons (Fsp3) is 0.625. The summed E-state index contributed by atoms with van der Waals surface area (Å²) in [6, 6.07) is 7.31. The summed E-state index contributed by atoms with van der Waals surface area (Å²) >= 11 is 3.59. The number of nitrogens with zero attached hydrogens (tertiary/aromatic N) is 1. The first-order valence-electron chi connectivity index (χ1n) is 7.59. The number of hydrogen-bond donors (Lipinski definition) is 1. The van der Waals surface area contributed by atoms with Gasteiger partial charge in [-0.05, 0) is 44.4 Å². The van der Waals surface area contributed by atoms with E-state index in [1.165, 1.54) is 24.1 Å². The second-order valence-electron chi connectivity index (χ2n) is 5.20. The molecule has 112 valence electrons. The Morgan fingerprint density at radius 1 is 1.35 bits per heavy atom. The Bertz CT molecular complexity index is 421. The molecular weight excluding hydrogens is 316 g/mol. The monoisotopic (exact) mass is 340 g/mol. The molecule has 1 fully saturated rings. The van der Waals surface area contributed by atoms with Gasteiger partial charge in [0, 0.05) is 42.4 Å². The van der Waals surface area contributed by atoms with Crippen molar-refractivity contribution >= 4 is 21.6 Å². The Balaban J connectivity index is 2.05. The molecule has 20 heavy (non-hydrogen) atoms. The maximum Gasteiger partial charge on any atom is 0.0641 e. The van der Waals surface area contributed by atoms with Gasteiger partial charge in [-0.25, -0.2) is 0 Å².